The van der Waals surface area contributed by atoms with Crippen molar-refractivity contribution < 1.29 is 4.79 Å². The summed E-state index contributed by atoms with van der Waals surface area (Å²) in [6.45, 7) is 0. The first-order valence-corrected chi connectivity index (χ1v) is 5.19. The van der Waals surface area contributed by atoms with E-state index in [0.717, 1.165) is 24.3 Å². The molecule has 0 heterocycles. The summed E-state index contributed by atoms with van der Waals surface area (Å²) in [4.78, 5) is 21.5. The number of hydrogen-bond donors (Lipinski definition) is 1. The Labute approximate surface area is 87.5 Å². The number of carbonyl (C=O) groups excluding carboxylic acids is 1. The highest BCUT2D eigenvalue weighted by Crippen LogP contribution is 2.34. The van der Waals surface area contributed by atoms with Crippen LogP contribution in [0.25, 0.3) is 0 Å². The van der Waals surface area contributed by atoms with E-state index >= 15 is 0 Å². The first kappa shape index (κ1) is 11.2. The van der Waals surface area contributed by atoms with E-state index < -0.39 is 11.6 Å². The normalized spacial score (nSPS) is 20.1. The third kappa shape index (κ3) is 1.97. The molecule has 80 valence electrons. The fraction of sp³-hybridized carbons (Fsp3) is 0.875. The molecule has 0 spiro atoms. The Kier molecular flexibility index (Phi) is 3.69. The average Bonchev–Trinajstić information content (AvgIpc) is 2.19. The monoisotopic (exact) mass is 219 g/mol. The summed E-state index contributed by atoms with van der Waals surface area (Å²) in [6, 6.07) is -0.817. The van der Waals surface area contributed by atoms with E-state index in [1.54, 1.807) is 0 Å². The molecule has 0 aromatic rings. The van der Waals surface area contributed by atoms with Crippen molar-refractivity contribution >= 4 is 17.6 Å². The molecule has 0 aromatic heterocycles. The minimum atomic E-state index is -0.817. The molecule has 1 rings (SSSR count). The number of nitrogens with zero attached hydrogens (tertiary/aromatic N) is 2. The van der Waals surface area contributed by atoms with Crippen molar-refractivity contribution in [3.05, 3.63) is 4.91 Å². The zero-order valence-corrected chi connectivity index (χ0v) is 8.66. The molecule has 6 heteroatoms. The second-order valence-electron chi connectivity index (χ2n) is 3.65. The maximum absolute atomic E-state index is 11.0. The number of amides is 2. The molecule has 2 amide bonds. The van der Waals surface area contributed by atoms with Gasteiger partial charge in [-0.1, -0.05) is 19.3 Å². The van der Waals surface area contributed by atoms with Gasteiger partial charge >= 0.3 is 6.03 Å². The number of nitroso groups, excluding NO2 is 1. The van der Waals surface area contributed by atoms with Crippen LogP contribution in [0.5, 0.6) is 0 Å². The van der Waals surface area contributed by atoms with Crippen LogP contribution in [0.4, 0.5) is 4.79 Å². The molecule has 1 aliphatic carbocycles. The molecule has 14 heavy (non-hydrogen) atoms. The number of hydrogen-bond acceptors (Lipinski definition) is 3. The Morgan fingerprint density at radius 2 is 2.00 bits per heavy atom. The minimum absolute atomic E-state index is 0.210. The molecule has 0 atom stereocenters. The Bertz CT molecular complexity index is 229. The lowest BCUT2D eigenvalue weighted by atomic mass is 9.83. The molecule has 0 bridgehead atoms. The van der Waals surface area contributed by atoms with Gasteiger partial charge in [0.1, 0.15) is 0 Å². The number of primary amides is 1. The average molecular weight is 220 g/mol. The van der Waals surface area contributed by atoms with Crippen LogP contribution in [0.15, 0.2) is 5.29 Å². The van der Waals surface area contributed by atoms with Gasteiger partial charge in [-0.25, -0.2) is 4.79 Å². The van der Waals surface area contributed by atoms with E-state index in [-0.39, 0.29) is 5.88 Å². The maximum Gasteiger partial charge on any atom is 0.338 e. The van der Waals surface area contributed by atoms with Gasteiger partial charge in [-0.05, 0) is 12.8 Å². The molecule has 1 saturated carbocycles. The van der Waals surface area contributed by atoms with Crippen LogP contribution in [0.3, 0.4) is 0 Å². The van der Waals surface area contributed by atoms with E-state index in [1.807, 2.05) is 0 Å². The van der Waals surface area contributed by atoms with E-state index in [2.05, 4.69) is 5.29 Å². The first-order valence-electron chi connectivity index (χ1n) is 4.65. The van der Waals surface area contributed by atoms with Crippen LogP contribution in [0.1, 0.15) is 32.1 Å². The molecule has 1 fully saturated rings. The predicted molar refractivity (Wildman–Crippen MR) is 53.8 cm³/mol. The Morgan fingerprint density at radius 1 is 1.43 bits per heavy atom. The maximum atomic E-state index is 11.0. The lowest BCUT2D eigenvalue weighted by Gasteiger charge is -2.39. The van der Waals surface area contributed by atoms with E-state index in [1.165, 1.54) is 0 Å². The number of carbonyl (C=O) groups is 1. The van der Waals surface area contributed by atoms with Gasteiger partial charge in [-0.2, -0.15) is 5.01 Å². The van der Waals surface area contributed by atoms with Gasteiger partial charge in [0.2, 0.25) is 0 Å². The van der Waals surface area contributed by atoms with Gasteiger partial charge in [0.05, 0.1) is 10.8 Å². The summed E-state index contributed by atoms with van der Waals surface area (Å²) in [5, 5.41) is 3.48. The molecule has 0 aromatic carbocycles. The molecule has 0 saturated heterocycles. The molecule has 0 aliphatic heterocycles. The van der Waals surface area contributed by atoms with Crippen molar-refractivity contribution in [2.45, 2.75) is 37.6 Å². The van der Waals surface area contributed by atoms with Gasteiger partial charge in [0, 0.05) is 5.88 Å². The zero-order chi connectivity index (χ0) is 10.6. The van der Waals surface area contributed by atoms with E-state index in [4.69, 9.17) is 17.3 Å². The highest BCUT2D eigenvalue weighted by molar-refractivity contribution is 6.18. The van der Waals surface area contributed by atoms with Gasteiger partial charge in [-0.15, -0.1) is 16.5 Å². The topological polar surface area (TPSA) is 75.8 Å². The Hall–Kier alpha value is -0.840. The SMILES string of the molecule is NC(=O)N(N=O)C1(CCl)CCCCC1. The lowest BCUT2D eigenvalue weighted by Crippen LogP contribution is -2.53. The van der Waals surface area contributed by atoms with E-state index in [9.17, 15) is 9.70 Å². The summed E-state index contributed by atoms with van der Waals surface area (Å²) >= 11 is 5.81. The van der Waals surface area contributed by atoms with Crippen molar-refractivity contribution in [1.29, 1.82) is 0 Å². The zero-order valence-electron chi connectivity index (χ0n) is 7.91. The second-order valence-corrected chi connectivity index (χ2v) is 3.92. The smallest absolute Gasteiger partial charge is 0.338 e. The number of rotatable bonds is 3. The van der Waals surface area contributed by atoms with Crippen LogP contribution in [0, 0.1) is 4.91 Å². The second kappa shape index (κ2) is 4.59. The molecule has 0 radical (unpaired) electrons. The van der Waals surface area contributed by atoms with Crippen LogP contribution in [-0.4, -0.2) is 22.5 Å². The number of alkyl halides is 1. The van der Waals surface area contributed by atoms with Gasteiger partial charge in [0.25, 0.3) is 0 Å². The first-order chi connectivity index (χ1) is 6.66. The number of nitrogens with two attached hydrogens (primary N) is 1. The van der Waals surface area contributed by atoms with E-state index in [0.29, 0.717) is 12.8 Å². The molecule has 5 nitrogen and oxygen atoms in total. The molecular formula is C8H14ClN3O2. The van der Waals surface area contributed by atoms with Crippen LogP contribution >= 0.6 is 11.6 Å². The van der Waals surface area contributed by atoms with Gasteiger partial charge in [0.15, 0.2) is 0 Å². The van der Waals surface area contributed by atoms with Crippen molar-refractivity contribution in [3.63, 3.8) is 0 Å². The summed E-state index contributed by atoms with van der Waals surface area (Å²) in [7, 11) is 0. The highest BCUT2D eigenvalue weighted by atomic mass is 35.5. The van der Waals surface area contributed by atoms with Crippen molar-refractivity contribution in [1.82, 2.24) is 5.01 Å². The minimum Gasteiger partial charge on any atom is -0.350 e. The molecule has 2 N–H and O–H groups in total. The highest BCUT2D eigenvalue weighted by Gasteiger charge is 2.40. The van der Waals surface area contributed by atoms with Crippen molar-refractivity contribution in [2.24, 2.45) is 11.0 Å². The third-order valence-corrected chi connectivity index (χ3v) is 3.27. The van der Waals surface area contributed by atoms with Crippen molar-refractivity contribution in [3.8, 4) is 0 Å². The number of halogens is 1. The van der Waals surface area contributed by atoms with Gasteiger partial charge < -0.3 is 5.73 Å². The lowest BCUT2D eigenvalue weighted by molar-refractivity contribution is 0.101. The Balaban J connectivity index is 2.84. The van der Waals surface area contributed by atoms with Crippen molar-refractivity contribution in [2.75, 3.05) is 5.88 Å². The van der Waals surface area contributed by atoms with Crippen LogP contribution < -0.4 is 5.73 Å². The largest absolute Gasteiger partial charge is 0.350 e. The molecule has 0 unspecified atom stereocenters. The Morgan fingerprint density at radius 3 is 2.36 bits per heavy atom. The summed E-state index contributed by atoms with van der Waals surface area (Å²) in [6.07, 6.45) is 4.40. The van der Waals surface area contributed by atoms with Crippen LogP contribution in [0.2, 0.25) is 0 Å². The predicted octanol–water partition coefficient (Wildman–Crippen LogP) is 1.99. The summed E-state index contributed by atoms with van der Waals surface area (Å²) in [5.41, 5.74) is 4.43. The third-order valence-electron chi connectivity index (χ3n) is 2.77. The molecular weight excluding hydrogens is 206 g/mol. The fourth-order valence-corrected chi connectivity index (χ4v) is 2.35. The van der Waals surface area contributed by atoms with Gasteiger partial charge in [-0.3, -0.25) is 0 Å². The summed E-state index contributed by atoms with van der Waals surface area (Å²) < 4.78 is 0. The fourth-order valence-electron chi connectivity index (χ4n) is 1.97. The summed E-state index contributed by atoms with van der Waals surface area (Å²) in [5.74, 6) is 0.210. The quantitative estimate of drug-likeness (QED) is 0.448. The van der Waals surface area contributed by atoms with Crippen LogP contribution in [-0.2, 0) is 0 Å². The standard InChI is InChI=1S/C8H14ClN3O2/c9-6-8(4-2-1-3-5-8)12(11-14)7(10)13/h1-6H2,(H2,10,13). The number of urea groups is 1. The molecule has 1 aliphatic rings.